The highest BCUT2D eigenvalue weighted by atomic mass is 32.1. The van der Waals surface area contributed by atoms with E-state index in [-0.39, 0.29) is 72.3 Å². The minimum atomic E-state index is -0.961. The number of hydrazone groups is 1. The molecule has 1 aliphatic rings. The fourth-order valence-electron chi connectivity index (χ4n) is 8.62. The van der Waals surface area contributed by atoms with Gasteiger partial charge in [0.05, 0.1) is 41.0 Å². The molecule has 3 heterocycles. The number of benzene rings is 5. The number of thiazole rings is 1. The molecule has 0 aliphatic carbocycles. The van der Waals surface area contributed by atoms with Crippen LogP contribution >= 0.6 is 22.7 Å². The molecular formula is C56H56N6O9S2. The number of aryl methyl sites for hydroxylation is 1. The van der Waals surface area contributed by atoms with Crippen molar-refractivity contribution in [3.8, 4) is 38.1 Å². The van der Waals surface area contributed by atoms with E-state index < -0.39 is 35.4 Å². The van der Waals surface area contributed by atoms with Crippen molar-refractivity contribution in [3.63, 3.8) is 0 Å². The number of aliphatic hydroxyl groups excluding tert-OH is 1. The van der Waals surface area contributed by atoms with Gasteiger partial charge in [-0.1, -0.05) is 57.2 Å². The van der Waals surface area contributed by atoms with Crippen LogP contribution in [-0.4, -0.2) is 92.2 Å². The van der Waals surface area contributed by atoms with Crippen molar-refractivity contribution in [3.05, 3.63) is 154 Å². The lowest BCUT2D eigenvalue weighted by Crippen LogP contribution is -2.57. The molecule has 7 aromatic rings. The molecule has 8 rings (SSSR count). The van der Waals surface area contributed by atoms with Crippen LogP contribution < -0.4 is 20.8 Å². The summed E-state index contributed by atoms with van der Waals surface area (Å²) in [4.78, 5) is 75.9. The van der Waals surface area contributed by atoms with Crippen LogP contribution in [0.3, 0.4) is 0 Å². The van der Waals surface area contributed by atoms with E-state index in [4.69, 9.17) is 4.74 Å². The molecule has 1 aliphatic heterocycles. The molecule has 15 nitrogen and oxygen atoms in total. The number of ketones is 1. The van der Waals surface area contributed by atoms with Gasteiger partial charge in [-0.15, -0.1) is 22.7 Å². The number of amides is 4. The van der Waals surface area contributed by atoms with Gasteiger partial charge in [0.1, 0.15) is 29.3 Å². The van der Waals surface area contributed by atoms with Gasteiger partial charge < -0.3 is 35.6 Å². The first-order chi connectivity index (χ1) is 34.9. The summed E-state index contributed by atoms with van der Waals surface area (Å²) in [7, 11) is 0. The van der Waals surface area contributed by atoms with E-state index in [1.807, 2.05) is 64.4 Å². The van der Waals surface area contributed by atoms with E-state index in [9.17, 15) is 39.3 Å². The number of aromatic nitrogens is 1. The van der Waals surface area contributed by atoms with Crippen LogP contribution in [0, 0.1) is 12.3 Å². The van der Waals surface area contributed by atoms with Crippen molar-refractivity contribution >= 4 is 68.4 Å². The largest absolute Gasteiger partial charge is 0.508 e. The van der Waals surface area contributed by atoms with E-state index >= 15 is 0 Å². The predicted molar refractivity (Wildman–Crippen MR) is 283 cm³/mol. The number of ether oxygens (including phenoxy) is 1. The average molecular weight is 1020 g/mol. The number of β-amino-alcohol motifs (C(OH)–C–C–N with tert-alkyl or cyclic N) is 1. The van der Waals surface area contributed by atoms with Gasteiger partial charge in [-0.25, -0.2) is 10.4 Å². The van der Waals surface area contributed by atoms with Crippen LogP contribution in [0.15, 0.2) is 126 Å². The lowest BCUT2D eigenvalue weighted by molar-refractivity contribution is -0.144. The van der Waals surface area contributed by atoms with E-state index in [1.165, 1.54) is 34.6 Å². The second-order valence-electron chi connectivity index (χ2n) is 19.0. The maximum atomic E-state index is 14.1. The molecule has 73 heavy (non-hydrogen) atoms. The first-order valence-electron chi connectivity index (χ1n) is 23.8. The van der Waals surface area contributed by atoms with Crippen molar-refractivity contribution in [2.24, 2.45) is 10.5 Å². The molecule has 2 aromatic heterocycles. The van der Waals surface area contributed by atoms with E-state index in [1.54, 1.807) is 90.2 Å². The summed E-state index contributed by atoms with van der Waals surface area (Å²) >= 11 is 2.91. The summed E-state index contributed by atoms with van der Waals surface area (Å²) in [5.74, 6) is -1.31. The SMILES string of the molecule is Cc1ncsc1-c1ccc(C(C)NC(=O)C2CC(O)CN2C(=O)C(NC(=O)CCCOc2ccc(C=NNC(=O)c3cccc(C(=O)c4c(-c5ccc(O)cc5)sc5cc(O)ccc45)c3)cc2)C(C)(C)C)cc1. The summed E-state index contributed by atoms with van der Waals surface area (Å²) in [5, 5.41) is 41.3. The number of thiophene rings is 1. The first kappa shape index (κ1) is 51.6. The van der Waals surface area contributed by atoms with Crippen LogP contribution in [0.1, 0.15) is 96.1 Å². The van der Waals surface area contributed by atoms with Crippen molar-refractivity contribution in [2.45, 2.75) is 78.1 Å². The van der Waals surface area contributed by atoms with Crippen LogP contribution in [0.25, 0.3) is 31.0 Å². The Bertz CT molecular complexity index is 3180. The number of aliphatic hydroxyl groups is 1. The maximum Gasteiger partial charge on any atom is 0.271 e. The van der Waals surface area contributed by atoms with Crippen LogP contribution in [0.2, 0.25) is 0 Å². The number of hydrogen-bond acceptors (Lipinski definition) is 13. The zero-order valence-electron chi connectivity index (χ0n) is 40.9. The Morgan fingerprint density at radius 3 is 2.25 bits per heavy atom. The summed E-state index contributed by atoms with van der Waals surface area (Å²) < 4.78 is 6.60. The molecule has 17 heteroatoms. The smallest absolute Gasteiger partial charge is 0.271 e. The number of aromatic hydroxyl groups is 2. The van der Waals surface area contributed by atoms with Crippen molar-refractivity contribution < 1.29 is 44.0 Å². The number of rotatable bonds is 17. The van der Waals surface area contributed by atoms with Gasteiger partial charge in [0.25, 0.3) is 5.91 Å². The predicted octanol–water partition coefficient (Wildman–Crippen LogP) is 8.94. The Labute approximate surface area is 430 Å². The molecule has 376 valence electrons. The van der Waals surface area contributed by atoms with Gasteiger partial charge in [0, 0.05) is 51.0 Å². The Morgan fingerprint density at radius 2 is 1.55 bits per heavy atom. The number of carbonyl (C=O) groups is 5. The van der Waals surface area contributed by atoms with E-state index in [2.05, 4.69) is 26.1 Å². The number of fused-ring (bicyclic) bond motifs is 1. The molecule has 5 aromatic carbocycles. The van der Waals surface area contributed by atoms with Gasteiger partial charge in [-0.2, -0.15) is 5.10 Å². The fraction of sp³-hybridized carbons (Fsp3) is 0.268. The third-order valence-electron chi connectivity index (χ3n) is 12.6. The van der Waals surface area contributed by atoms with E-state index in [0.717, 1.165) is 27.3 Å². The number of carbonyl (C=O) groups excluding carboxylic acids is 5. The highest BCUT2D eigenvalue weighted by Crippen LogP contribution is 2.42. The Morgan fingerprint density at radius 1 is 0.863 bits per heavy atom. The zero-order valence-corrected chi connectivity index (χ0v) is 42.6. The van der Waals surface area contributed by atoms with Crippen LogP contribution in [-0.2, 0) is 14.4 Å². The number of hydrogen-bond donors (Lipinski definition) is 6. The summed E-state index contributed by atoms with van der Waals surface area (Å²) in [5.41, 5.74) is 8.80. The number of nitrogens with one attached hydrogen (secondary N) is 3. The van der Waals surface area contributed by atoms with Gasteiger partial charge in [-0.3, -0.25) is 24.0 Å². The fourth-order valence-corrected chi connectivity index (χ4v) is 10.7. The molecular weight excluding hydrogens is 965 g/mol. The second-order valence-corrected chi connectivity index (χ2v) is 21.0. The van der Waals surface area contributed by atoms with Crippen molar-refractivity contribution in [1.29, 1.82) is 0 Å². The number of phenolic OH excluding ortho intramolecular Hbond substituents is 2. The minimum Gasteiger partial charge on any atom is -0.508 e. The topological polar surface area (TPSA) is 220 Å². The summed E-state index contributed by atoms with van der Waals surface area (Å²) in [6.07, 6.45) is 1.07. The quantitative estimate of drug-likeness (QED) is 0.0220. The third kappa shape index (κ3) is 12.3. The average Bonchev–Trinajstić information content (AvgIpc) is 4.10. The molecule has 1 saturated heterocycles. The highest BCUT2D eigenvalue weighted by Gasteiger charge is 2.44. The van der Waals surface area contributed by atoms with Crippen LogP contribution in [0.4, 0.5) is 0 Å². The lowest BCUT2D eigenvalue weighted by Gasteiger charge is -2.35. The molecule has 1 fully saturated rings. The molecule has 4 atom stereocenters. The monoisotopic (exact) mass is 1020 g/mol. The minimum absolute atomic E-state index is 0.0311. The Kier molecular flexibility index (Phi) is 15.8. The van der Waals surface area contributed by atoms with Crippen molar-refractivity contribution in [1.82, 2.24) is 25.9 Å². The first-order valence-corrected chi connectivity index (χ1v) is 25.5. The third-order valence-corrected chi connectivity index (χ3v) is 14.7. The zero-order chi connectivity index (χ0) is 52.0. The lowest BCUT2D eigenvalue weighted by atomic mass is 9.85. The standard InChI is InChI=1S/C56H56N6O9S2/c1-32(35-13-15-36(16-14-35)50-33(2)57-31-72-50)59-54(69)45-27-42(65)30-62(45)55(70)52(56(3,4)5)60-47(66)10-7-25-71-43-22-11-34(12-23-43)29-58-61-53(68)39-9-6-8-38(26-39)49(67)48-44-24-21-41(64)28-46(44)73-51(48)37-17-19-40(63)20-18-37/h6,8-9,11-24,26,28-29,31-32,42,45,52,63-65H,7,10,25,27,30H2,1-5H3,(H,59,69)(H,60,66)(H,61,68). The van der Waals surface area contributed by atoms with Gasteiger partial charge in [-0.05, 0) is 127 Å². The second kappa shape index (κ2) is 22.4. The molecule has 6 N–H and O–H groups in total. The van der Waals surface area contributed by atoms with Gasteiger partial charge in [0.15, 0.2) is 5.78 Å². The highest BCUT2D eigenvalue weighted by molar-refractivity contribution is 7.22. The van der Waals surface area contributed by atoms with Gasteiger partial charge in [0.2, 0.25) is 17.7 Å². The van der Waals surface area contributed by atoms with Crippen molar-refractivity contribution in [2.75, 3.05) is 13.2 Å². The molecule has 0 bridgehead atoms. The normalized spacial score (nSPS) is 15.5. The maximum absolute atomic E-state index is 14.1. The molecule has 4 amide bonds. The number of phenols is 2. The Balaban J connectivity index is 0.804. The molecule has 0 spiro atoms. The molecule has 0 radical (unpaired) electrons. The number of nitrogens with zero attached hydrogens (tertiary/aromatic N) is 3. The molecule has 4 unspecified atom stereocenters. The summed E-state index contributed by atoms with van der Waals surface area (Å²) in [6, 6.07) is 30.3. The van der Waals surface area contributed by atoms with Crippen LogP contribution in [0.5, 0.6) is 17.2 Å². The van der Waals surface area contributed by atoms with E-state index in [0.29, 0.717) is 38.3 Å². The Hall–Kier alpha value is -7.73. The molecule has 0 saturated carbocycles. The number of likely N-dealkylation sites (tertiary alicyclic amines) is 1. The summed E-state index contributed by atoms with van der Waals surface area (Å²) in [6.45, 7) is 9.53. The van der Waals surface area contributed by atoms with Gasteiger partial charge >= 0.3 is 0 Å².